The number of ether oxygens (including phenoxy) is 2. The standard InChI is InChI=1S/C32H33FN2O5/c1-3-40-32(38)23-7-6-18-34(20-23)31(37)28-26-8-4-5-9-27(26)30(36)35(19-21-10-14-24(33)15-11-21)29(28)22-12-16-25(39-2)17-13-22/h4-5,8-17,23,28-29H,3,6-7,18-20H2,1-2H3/t23-,28+,29+/m1/s1. The van der Waals surface area contributed by atoms with Gasteiger partial charge in [0.2, 0.25) is 5.91 Å². The first kappa shape index (κ1) is 27.4. The predicted molar refractivity (Wildman–Crippen MR) is 147 cm³/mol. The van der Waals surface area contributed by atoms with Crippen LogP contribution in [0.1, 0.15) is 58.8 Å². The lowest BCUT2D eigenvalue weighted by Gasteiger charge is -2.44. The van der Waals surface area contributed by atoms with Crippen molar-refractivity contribution in [2.75, 3.05) is 26.8 Å². The van der Waals surface area contributed by atoms with E-state index in [1.165, 1.54) is 12.1 Å². The molecule has 1 fully saturated rings. The number of halogens is 1. The maximum Gasteiger partial charge on any atom is 0.310 e. The topological polar surface area (TPSA) is 76.2 Å². The fourth-order valence-corrected chi connectivity index (χ4v) is 5.82. The van der Waals surface area contributed by atoms with Crippen LogP contribution in [0.4, 0.5) is 4.39 Å². The highest BCUT2D eigenvalue weighted by atomic mass is 19.1. The Kier molecular flexibility index (Phi) is 8.14. The minimum absolute atomic E-state index is 0.140. The van der Waals surface area contributed by atoms with E-state index in [4.69, 9.17) is 9.47 Å². The number of fused-ring (bicyclic) bond motifs is 1. The van der Waals surface area contributed by atoms with Crippen LogP contribution in [-0.2, 0) is 20.9 Å². The van der Waals surface area contributed by atoms with Crippen molar-refractivity contribution in [1.82, 2.24) is 9.80 Å². The first-order valence-corrected chi connectivity index (χ1v) is 13.6. The van der Waals surface area contributed by atoms with Gasteiger partial charge >= 0.3 is 5.97 Å². The number of methoxy groups -OCH3 is 1. The zero-order valence-corrected chi connectivity index (χ0v) is 22.7. The van der Waals surface area contributed by atoms with Crippen LogP contribution in [0.3, 0.4) is 0 Å². The van der Waals surface area contributed by atoms with Crippen molar-refractivity contribution in [2.45, 2.75) is 38.3 Å². The molecule has 2 aliphatic heterocycles. The first-order valence-electron chi connectivity index (χ1n) is 13.6. The smallest absolute Gasteiger partial charge is 0.310 e. The van der Waals surface area contributed by atoms with E-state index in [0.717, 1.165) is 11.1 Å². The SMILES string of the molecule is CCOC(=O)[C@@H]1CCCN(C(=O)[C@H]2c3ccccc3C(=O)N(Cc3ccc(F)cc3)[C@H]2c2ccc(OC)cc2)C1. The molecule has 0 radical (unpaired) electrons. The van der Waals surface area contributed by atoms with E-state index in [1.54, 1.807) is 48.1 Å². The normalized spacial score (nSPS) is 20.6. The Morgan fingerprint density at radius 1 is 1.00 bits per heavy atom. The van der Waals surface area contributed by atoms with E-state index in [2.05, 4.69) is 0 Å². The molecule has 0 bridgehead atoms. The first-order chi connectivity index (χ1) is 19.4. The zero-order valence-electron chi connectivity index (χ0n) is 22.7. The number of rotatable bonds is 7. The van der Waals surface area contributed by atoms with Gasteiger partial charge in [-0.25, -0.2) is 4.39 Å². The molecule has 2 heterocycles. The van der Waals surface area contributed by atoms with Gasteiger partial charge in [-0.15, -0.1) is 0 Å². The zero-order chi connectivity index (χ0) is 28.2. The summed E-state index contributed by atoms with van der Waals surface area (Å²) < 4.78 is 24.3. The summed E-state index contributed by atoms with van der Waals surface area (Å²) in [5, 5.41) is 0. The average molecular weight is 545 g/mol. The van der Waals surface area contributed by atoms with Gasteiger partial charge in [0, 0.05) is 25.2 Å². The molecule has 3 atom stereocenters. The van der Waals surface area contributed by atoms with Crippen LogP contribution in [0.5, 0.6) is 5.75 Å². The number of nitrogens with zero attached hydrogens (tertiary/aromatic N) is 2. The van der Waals surface area contributed by atoms with Crippen molar-refractivity contribution in [2.24, 2.45) is 5.92 Å². The molecule has 2 aliphatic rings. The summed E-state index contributed by atoms with van der Waals surface area (Å²) in [4.78, 5) is 44.5. The summed E-state index contributed by atoms with van der Waals surface area (Å²) in [7, 11) is 1.58. The summed E-state index contributed by atoms with van der Waals surface area (Å²) in [6.45, 7) is 3.06. The van der Waals surface area contributed by atoms with Gasteiger partial charge in [-0.1, -0.05) is 42.5 Å². The molecule has 3 aromatic rings. The molecule has 0 aromatic heterocycles. The Bertz CT molecular complexity index is 1370. The molecule has 2 amide bonds. The van der Waals surface area contributed by atoms with Crippen LogP contribution in [0.2, 0.25) is 0 Å². The monoisotopic (exact) mass is 544 g/mol. The largest absolute Gasteiger partial charge is 0.497 e. The van der Waals surface area contributed by atoms with Crippen molar-refractivity contribution in [3.63, 3.8) is 0 Å². The Labute approximate surface area is 233 Å². The van der Waals surface area contributed by atoms with Crippen LogP contribution in [0.25, 0.3) is 0 Å². The molecular weight excluding hydrogens is 511 g/mol. The van der Waals surface area contributed by atoms with Crippen LogP contribution < -0.4 is 4.74 Å². The van der Waals surface area contributed by atoms with Gasteiger partial charge in [0.1, 0.15) is 11.6 Å². The highest BCUT2D eigenvalue weighted by Gasteiger charge is 2.46. The van der Waals surface area contributed by atoms with Gasteiger partial charge in [-0.3, -0.25) is 14.4 Å². The molecule has 0 aliphatic carbocycles. The second kappa shape index (κ2) is 11.9. The van der Waals surface area contributed by atoms with Crippen molar-refractivity contribution >= 4 is 17.8 Å². The number of piperidine rings is 1. The van der Waals surface area contributed by atoms with E-state index >= 15 is 0 Å². The third-order valence-corrected chi connectivity index (χ3v) is 7.78. The lowest BCUT2D eigenvalue weighted by atomic mass is 9.78. The molecule has 5 rings (SSSR count). The number of carbonyl (C=O) groups is 3. The number of carbonyl (C=O) groups excluding carboxylic acids is 3. The molecule has 3 aromatic carbocycles. The van der Waals surface area contributed by atoms with Crippen molar-refractivity contribution < 1.29 is 28.2 Å². The van der Waals surface area contributed by atoms with E-state index in [1.807, 2.05) is 36.4 Å². The Morgan fingerprint density at radius 2 is 1.73 bits per heavy atom. The minimum Gasteiger partial charge on any atom is -0.497 e. The summed E-state index contributed by atoms with van der Waals surface area (Å²) in [5.41, 5.74) is 2.65. The molecule has 0 unspecified atom stereocenters. The highest BCUT2D eigenvalue weighted by Crippen LogP contribution is 2.45. The van der Waals surface area contributed by atoms with Crippen LogP contribution in [-0.4, -0.2) is 54.4 Å². The summed E-state index contributed by atoms with van der Waals surface area (Å²) in [6.07, 6.45) is 1.36. The summed E-state index contributed by atoms with van der Waals surface area (Å²) in [6, 6.07) is 20.0. The number of hydrogen-bond acceptors (Lipinski definition) is 5. The van der Waals surface area contributed by atoms with Crippen LogP contribution in [0.15, 0.2) is 72.8 Å². The second-order valence-electron chi connectivity index (χ2n) is 10.2. The third kappa shape index (κ3) is 5.43. The maximum atomic E-state index is 14.5. The van der Waals surface area contributed by atoms with Crippen LogP contribution in [0, 0.1) is 11.7 Å². The fourth-order valence-electron chi connectivity index (χ4n) is 5.82. The molecule has 0 saturated carbocycles. The Hall–Kier alpha value is -4.20. The van der Waals surface area contributed by atoms with Gasteiger partial charge in [0.05, 0.1) is 31.6 Å². The van der Waals surface area contributed by atoms with E-state index in [9.17, 15) is 18.8 Å². The molecule has 0 spiro atoms. The van der Waals surface area contributed by atoms with E-state index in [-0.39, 0.29) is 42.6 Å². The second-order valence-corrected chi connectivity index (χ2v) is 10.2. The number of likely N-dealkylation sites (tertiary alicyclic amines) is 1. The number of esters is 1. The summed E-state index contributed by atoms with van der Waals surface area (Å²) in [5.74, 6) is -1.42. The highest BCUT2D eigenvalue weighted by molar-refractivity contribution is 6.01. The molecule has 1 saturated heterocycles. The Morgan fingerprint density at radius 3 is 2.42 bits per heavy atom. The number of hydrogen-bond donors (Lipinski definition) is 0. The van der Waals surface area contributed by atoms with Gasteiger partial charge < -0.3 is 19.3 Å². The van der Waals surface area contributed by atoms with E-state index in [0.29, 0.717) is 42.9 Å². The number of amides is 2. The molecule has 8 heteroatoms. The van der Waals surface area contributed by atoms with Crippen molar-refractivity contribution in [1.29, 1.82) is 0 Å². The summed E-state index contributed by atoms with van der Waals surface area (Å²) >= 11 is 0. The van der Waals surface area contributed by atoms with Crippen molar-refractivity contribution in [3.8, 4) is 5.75 Å². The molecule has 40 heavy (non-hydrogen) atoms. The van der Waals surface area contributed by atoms with Gasteiger partial charge in [-0.05, 0) is 66.8 Å². The number of benzene rings is 3. The molecule has 208 valence electrons. The molecule has 0 N–H and O–H groups in total. The fraction of sp³-hybridized carbons (Fsp3) is 0.344. The third-order valence-electron chi connectivity index (χ3n) is 7.78. The van der Waals surface area contributed by atoms with E-state index < -0.39 is 12.0 Å². The predicted octanol–water partition coefficient (Wildman–Crippen LogP) is 5.12. The lowest BCUT2D eigenvalue weighted by Crippen LogP contribution is -2.50. The minimum atomic E-state index is -0.705. The Balaban J connectivity index is 1.59. The lowest BCUT2D eigenvalue weighted by molar-refractivity contribution is -0.151. The van der Waals surface area contributed by atoms with Crippen molar-refractivity contribution in [3.05, 3.63) is 101 Å². The quantitative estimate of drug-likeness (QED) is 0.386. The molecular formula is C32H33FN2O5. The molecule has 7 nitrogen and oxygen atoms in total. The van der Waals surface area contributed by atoms with Crippen LogP contribution >= 0.6 is 0 Å². The average Bonchev–Trinajstić information content (AvgIpc) is 2.99. The van der Waals surface area contributed by atoms with Gasteiger partial charge in [0.25, 0.3) is 5.91 Å². The van der Waals surface area contributed by atoms with Gasteiger partial charge in [0.15, 0.2) is 0 Å². The maximum absolute atomic E-state index is 14.5. The van der Waals surface area contributed by atoms with Gasteiger partial charge in [-0.2, -0.15) is 0 Å².